The van der Waals surface area contributed by atoms with Gasteiger partial charge >= 0.3 is 5.51 Å². The van der Waals surface area contributed by atoms with E-state index in [1.165, 1.54) is 18.2 Å². The number of benzene rings is 1. The van der Waals surface area contributed by atoms with E-state index in [9.17, 15) is 17.6 Å². The topological polar surface area (TPSA) is 21.3 Å². The molecule has 1 aliphatic rings. The zero-order valence-corrected chi connectivity index (χ0v) is 11.5. The standard InChI is InChI=1S/C13H15F4NOS/c14-10-1-4-12(19-5-6-20-13(15,16)17)9(7-10)8-18-11-2-3-11/h1,4,7,11,18H,2-3,5-6,8H2. The molecule has 0 aliphatic heterocycles. The molecule has 1 aromatic carbocycles. The minimum absolute atomic E-state index is 0.0633. The Morgan fingerprint density at radius 1 is 1.30 bits per heavy atom. The van der Waals surface area contributed by atoms with Crippen LogP contribution in [0.4, 0.5) is 17.6 Å². The number of thioether (sulfide) groups is 1. The van der Waals surface area contributed by atoms with Gasteiger partial charge in [-0.15, -0.1) is 0 Å². The molecule has 7 heteroatoms. The van der Waals surface area contributed by atoms with Gasteiger partial charge in [0.2, 0.25) is 0 Å². The number of hydrogen-bond donors (Lipinski definition) is 1. The Bertz CT molecular complexity index is 448. The molecule has 2 rings (SSSR count). The minimum Gasteiger partial charge on any atom is -0.492 e. The Labute approximate surface area is 118 Å². The minimum atomic E-state index is -4.25. The molecular weight excluding hydrogens is 294 g/mol. The van der Waals surface area contributed by atoms with E-state index in [-0.39, 0.29) is 29.9 Å². The third-order valence-corrected chi connectivity index (χ3v) is 3.49. The average Bonchev–Trinajstić information content (AvgIpc) is 3.16. The molecule has 1 aliphatic carbocycles. The van der Waals surface area contributed by atoms with Gasteiger partial charge in [0, 0.05) is 23.9 Å². The third-order valence-electron chi connectivity index (χ3n) is 2.79. The maximum Gasteiger partial charge on any atom is 0.441 e. The predicted octanol–water partition coefficient (Wildman–Crippen LogP) is 3.71. The van der Waals surface area contributed by atoms with Gasteiger partial charge in [-0.25, -0.2) is 4.39 Å². The maximum atomic E-state index is 13.2. The van der Waals surface area contributed by atoms with Crippen LogP contribution in [0.15, 0.2) is 18.2 Å². The lowest BCUT2D eigenvalue weighted by Crippen LogP contribution is -2.16. The zero-order chi connectivity index (χ0) is 14.6. The molecule has 1 N–H and O–H groups in total. The molecule has 0 atom stereocenters. The van der Waals surface area contributed by atoms with Gasteiger partial charge < -0.3 is 10.1 Å². The van der Waals surface area contributed by atoms with Crippen LogP contribution in [0, 0.1) is 5.82 Å². The lowest BCUT2D eigenvalue weighted by molar-refractivity contribution is -0.0329. The predicted molar refractivity (Wildman–Crippen MR) is 70.3 cm³/mol. The highest BCUT2D eigenvalue weighted by atomic mass is 32.2. The number of rotatable bonds is 7. The summed E-state index contributed by atoms with van der Waals surface area (Å²) in [6, 6.07) is 4.51. The van der Waals surface area contributed by atoms with Gasteiger partial charge in [-0.1, -0.05) is 0 Å². The lowest BCUT2D eigenvalue weighted by atomic mass is 10.2. The fourth-order valence-corrected chi connectivity index (χ4v) is 2.08. The van der Waals surface area contributed by atoms with Gasteiger partial charge in [0.05, 0.1) is 6.61 Å². The van der Waals surface area contributed by atoms with Crippen LogP contribution in [0.5, 0.6) is 5.75 Å². The van der Waals surface area contributed by atoms with Crippen molar-refractivity contribution in [3.05, 3.63) is 29.6 Å². The Balaban J connectivity index is 1.85. The first-order chi connectivity index (χ1) is 9.44. The van der Waals surface area contributed by atoms with Crippen LogP contribution in [0.3, 0.4) is 0 Å². The molecule has 0 heterocycles. The van der Waals surface area contributed by atoms with Gasteiger partial charge in [-0.2, -0.15) is 13.2 Å². The second kappa shape index (κ2) is 6.67. The first-order valence-corrected chi connectivity index (χ1v) is 7.28. The Kier molecular flexibility index (Phi) is 5.15. The summed E-state index contributed by atoms with van der Waals surface area (Å²) >= 11 is -0.125. The van der Waals surface area contributed by atoms with Crippen LogP contribution in [-0.4, -0.2) is 23.9 Å². The van der Waals surface area contributed by atoms with E-state index in [2.05, 4.69) is 5.32 Å². The molecule has 0 spiro atoms. The summed E-state index contributed by atoms with van der Waals surface area (Å²) in [5, 5.41) is 3.22. The fraction of sp³-hybridized carbons (Fsp3) is 0.538. The van der Waals surface area contributed by atoms with Crippen LogP contribution in [0.1, 0.15) is 18.4 Å². The Hall–Kier alpha value is -0.950. The van der Waals surface area contributed by atoms with Gasteiger partial charge in [0.15, 0.2) is 0 Å². The number of nitrogens with one attached hydrogen (secondary N) is 1. The van der Waals surface area contributed by atoms with Crippen molar-refractivity contribution in [3.63, 3.8) is 0 Å². The Morgan fingerprint density at radius 3 is 2.70 bits per heavy atom. The summed E-state index contributed by atoms with van der Waals surface area (Å²) in [5.74, 6) is -0.131. The van der Waals surface area contributed by atoms with E-state index >= 15 is 0 Å². The SMILES string of the molecule is Fc1ccc(OCCSC(F)(F)F)c(CNC2CC2)c1. The van der Waals surface area contributed by atoms with Crippen molar-refractivity contribution >= 4 is 11.8 Å². The number of ether oxygens (including phenoxy) is 1. The van der Waals surface area contributed by atoms with Crippen molar-refractivity contribution in [1.82, 2.24) is 5.32 Å². The van der Waals surface area contributed by atoms with Crippen molar-refractivity contribution < 1.29 is 22.3 Å². The highest BCUT2D eigenvalue weighted by molar-refractivity contribution is 8.00. The largest absolute Gasteiger partial charge is 0.492 e. The Morgan fingerprint density at radius 2 is 2.05 bits per heavy atom. The molecule has 2 nitrogen and oxygen atoms in total. The van der Waals surface area contributed by atoms with Crippen LogP contribution in [-0.2, 0) is 6.54 Å². The molecule has 0 radical (unpaired) electrons. The monoisotopic (exact) mass is 309 g/mol. The summed E-state index contributed by atoms with van der Waals surface area (Å²) < 4.78 is 54.4. The summed E-state index contributed by atoms with van der Waals surface area (Å²) in [7, 11) is 0. The van der Waals surface area contributed by atoms with Crippen molar-refractivity contribution in [3.8, 4) is 5.75 Å². The van der Waals surface area contributed by atoms with Crippen molar-refractivity contribution in [2.45, 2.75) is 30.9 Å². The summed E-state index contributed by atoms with van der Waals surface area (Å²) in [6.45, 7) is 0.399. The molecule has 0 bridgehead atoms. The molecular formula is C13H15F4NOS. The van der Waals surface area contributed by atoms with Crippen LogP contribution < -0.4 is 10.1 Å². The van der Waals surface area contributed by atoms with E-state index in [0.29, 0.717) is 23.9 Å². The van der Waals surface area contributed by atoms with Gasteiger partial charge in [-0.05, 0) is 42.8 Å². The molecule has 0 amide bonds. The molecule has 20 heavy (non-hydrogen) atoms. The maximum absolute atomic E-state index is 13.2. The van der Waals surface area contributed by atoms with Crippen molar-refractivity contribution in [2.24, 2.45) is 0 Å². The van der Waals surface area contributed by atoms with E-state index in [0.717, 1.165) is 12.8 Å². The smallest absolute Gasteiger partial charge is 0.441 e. The van der Waals surface area contributed by atoms with Crippen molar-refractivity contribution in [1.29, 1.82) is 0 Å². The molecule has 0 unspecified atom stereocenters. The van der Waals surface area contributed by atoms with Gasteiger partial charge in [0.25, 0.3) is 0 Å². The summed E-state index contributed by atoms with van der Waals surface area (Å²) in [4.78, 5) is 0. The van der Waals surface area contributed by atoms with E-state index in [1.54, 1.807) is 0 Å². The first-order valence-electron chi connectivity index (χ1n) is 6.29. The quantitative estimate of drug-likeness (QED) is 0.613. The van der Waals surface area contributed by atoms with Crippen LogP contribution >= 0.6 is 11.8 Å². The normalized spacial score (nSPS) is 15.4. The second-order valence-corrected chi connectivity index (χ2v) is 5.71. The van der Waals surface area contributed by atoms with E-state index in [4.69, 9.17) is 4.74 Å². The van der Waals surface area contributed by atoms with Crippen molar-refractivity contribution in [2.75, 3.05) is 12.4 Å². The lowest BCUT2D eigenvalue weighted by Gasteiger charge is -2.12. The molecule has 1 aromatic rings. The molecule has 112 valence electrons. The van der Waals surface area contributed by atoms with Gasteiger partial charge in [0.1, 0.15) is 11.6 Å². The number of hydrogen-bond acceptors (Lipinski definition) is 3. The van der Waals surface area contributed by atoms with E-state index < -0.39 is 5.51 Å². The highest BCUT2D eigenvalue weighted by Crippen LogP contribution is 2.30. The second-order valence-electron chi connectivity index (χ2n) is 4.55. The average molecular weight is 309 g/mol. The summed E-state index contributed by atoms with van der Waals surface area (Å²) in [5.41, 5.74) is -3.61. The van der Waals surface area contributed by atoms with Gasteiger partial charge in [-0.3, -0.25) is 0 Å². The fourth-order valence-electron chi connectivity index (χ4n) is 1.68. The molecule has 0 saturated heterocycles. The highest BCUT2D eigenvalue weighted by Gasteiger charge is 2.27. The van der Waals surface area contributed by atoms with Crippen LogP contribution in [0.2, 0.25) is 0 Å². The van der Waals surface area contributed by atoms with Crippen LogP contribution in [0.25, 0.3) is 0 Å². The zero-order valence-electron chi connectivity index (χ0n) is 10.7. The molecule has 1 fully saturated rings. The first kappa shape index (κ1) is 15.4. The third kappa shape index (κ3) is 5.58. The van der Waals surface area contributed by atoms with E-state index in [1.807, 2.05) is 0 Å². The number of alkyl halides is 3. The number of halogens is 4. The molecule has 0 aromatic heterocycles. The molecule has 1 saturated carbocycles. The summed E-state index contributed by atoms with van der Waals surface area (Å²) in [6.07, 6.45) is 2.21.